The summed E-state index contributed by atoms with van der Waals surface area (Å²) in [5, 5.41) is 1.11. The van der Waals surface area contributed by atoms with Crippen LogP contribution in [0.25, 0.3) is 0 Å². The molecule has 1 nitrogen and oxygen atoms in total. The lowest BCUT2D eigenvalue weighted by atomic mass is 10.1. The van der Waals surface area contributed by atoms with Crippen molar-refractivity contribution in [3.05, 3.63) is 0 Å². The highest BCUT2D eigenvalue weighted by molar-refractivity contribution is 9.09. The zero-order valence-electron chi connectivity index (χ0n) is 12.2. The van der Waals surface area contributed by atoms with Gasteiger partial charge in [-0.3, -0.25) is 4.90 Å². The molecule has 0 amide bonds. The Morgan fingerprint density at radius 3 is 1.94 bits per heavy atom. The average molecular weight is 306 g/mol. The number of unbranched alkanes of at least 4 members (excludes halogenated alkanes) is 5. The minimum absolute atomic E-state index is 0.795. The summed E-state index contributed by atoms with van der Waals surface area (Å²) < 4.78 is 0. The summed E-state index contributed by atoms with van der Waals surface area (Å²) in [7, 11) is 0. The molecule has 0 aliphatic carbocycles. The normalized spacial score (nSPS) is 11.6. The largest absolute Gasteiger partial charge is 0.300 e. The lowest BCUT2D eigenvalue weighted by Gasteiger charge is -2.29. The summed E-state index contributed by atoms with van der Waals surface area (Å²) >= 11 is 3.58. The van der Waals surface area contributed by atoms with Crippen LogP contribution in [0.3, 0.4) is 0 Å². The van der Waals surface area contributed by atoms with Gasteiger partial charge in [-0.15, -0.1) is 0 Å². The second-order valence-electron chi connectivity index (χ2n) is 4.96. The molecule has 0 aromatic carbocycles. The first-order valence-corrected chi connectivity index (χ1v) is 8.72. The molecule has 0 aromatic heterocycles. The van der Waals surface area contributed by atoms with Crippen LogP contribution in [0, 0.1) is 0 Å². The van der Waals surface area contributed by atoms with Crippen LogP contribution in [0.1, 0.15) is 72.1 Å². The van der Waals surface area contributed by atoms with E-state index in [9.17, 15) is 0 Å². The highest BCUT2D eigenvalue weighted by Crippen LogP contribution is 2.12. The van der Waals surface area contributed by atoms with Gasteiger partial charge in [-0.1, -0.05) is 68.8 Å². The van der Waals surface area contributed by atoms with Gasteiger partial charge in [0, 0.05) is 17.9 Å². The third-order valence-corrected chi connectivity index (χ3v) is 3.98. The van der Waals surface area contributed by atoms with E-state index < -0.39 is 0 Å². The number of hydrogen-bond acceptors (Lipinski definition) is 1. The zero-order chi connectivity index (χ0) is 12.9. The van der Waals surface area contributed by atoms with Crippen LogP contribution < -0.4 is 0 Å². The smallest absolute Gasteiger partial charge is 0.0159 e. The summed E-state index contributed by atoms with van der Waals surface area (Å²) in [6, 6.07) is 0.795. The van der Waals surface area contributed by atoms with E-state index in [0.717, 1.165) is 11.4 Å². The number of hydrogen-bond donors (Lipinski definition) is 0. The van der Waals surface area contributed by atoms with Gasteiger partial charge in [0.2, 0.25) is 0 Å². The van der Waals surface area contributed by atoms with Crippen molar-refractivity contribution in [3.8, 4) is 0 Å². The first kappa shape index (κ1) is 17.4. The third kappa shape index (κ3) is 9.07. The fraction of sp³-hybridized carbons (Fsp3) is 1.00. The van der Waals surface area contributed by atoms with Gasteiger partial charge in [0.15, 0.2) is 0 Å². The standard InChI is InChI=1S/C15H32BrN/c1-4-7-8-9-10-11-13-17(14-12-16)15(5-2)6-3/h15H,4-14H2,1-3H3. The Bertz CT molecular complexity index is 146. The van der Waals surface area contributed by atoms with E-state index >= 15 is 0 Å². The van der Waals surface area contributed by atoms with E-state index in [1.165, 1.54) is 64.5 Å². The second kappa shape index (κ2) is 12.9. The quantitative estimate of drug-likeness (QED) is 0.352. The molecular weight excluding hydrogens is 274 g/mol. The average Bonchev–Trinajstić information content (AvgIpc) is 2.35. The molecule has 0 N–H and O–H groups in total. The molecule has 0 spiro atoms. The Balaban J connectivity index is 3.69. The van der Waals surface area contributed by atoms with Crippen LogP contribution >= 0.6 is 15.9 Å². The fourth-order valence-electron chi connectivity index (χ4n) is 2.49. The van der Waals surface area contributed by atoms with E-state index in [4.69, 9.17) is 0 Å². The van der Waals surface area contributed by atoms with E-state index in [0.29, 0.717) is 0 Å². The summed E-state index contributed by atoms with van der Waals surface area (Å²) in [6.45, 7) is 9.42. The zero-order valence-corrected chi connectivity index (χ0v) is 13.8. The van der Waals surface area contributed by atoms with Crippen molar-refractivity contribution < 1.29 is 0 Å². The third-order valence-electron chi connectivity index (χ3n) is 3.63. The number of halogens is 1. The molecule has 0 heterocycles. The van der Waals surface area contributed by atoms with Gasteiger partial charge >= 0.3 is 0 Å². The molecule has 0 aliphatic heterocycles. The Morgan fingerprint density at radius 1 is 0.824 bits per heavy atom. The molecule has 0 saturated heterocycles. The van der Waals surface area contributed by atoms with Crippen LogP contribution in [-0.2, 0) is 0 Å². The second-order valence-corrected chi connectivity index (χ2v) is 5.76. The predicted octanol–water partition coefficient (Wildman–Crippen LogP) is 5.23. The molecule has 0 aliphatic rings. The van der Waals surface area contributed by atoms with Crippen molar-refractivity contribution in [2.75, 3.05) is 18.4 Å². The van der Waals surface area contributed by atoms with Crippen LogP contribution in [-0.4, -0.2) is 29.4 Å². The van der Waals surface area contributed by atoms with Crippen molar-refractivity contribution in [2.24, 2.45) is 0 Å². The molecule has 17 heavy (non-hydrogen) atoms. The van der Waals surface area contributed by atoms with Crippen molar-refractivity contribution in [2.45, 2.75) is 78.2 Å². The molecule has 0 saturated carbocycles. The van der Waals surface area contributed by atoms with Crippen LogP contribution in [0.15, 0.2) is 0 Å². The van der Waals surface area contributed by atoms with Crippen LogP contribution in [0.2, 0.25) is 0 Å². The topological polar surface area (TPSA) is 3.24 Å². The Labute approximate surface area is 117 Å². The molecule has 0 atom stereocenters. The first-order valence-electron chi connectivity index (χ1n) is 7.60. The molecule has 0 rings (SSSR count). The van der Waals surface area contributed by atoms with E-state index in [1.54, 1.807) is 0 Å². The van der Waals surface area contributed by atoms with Gasteiger partial charge in [0.25, 0.3) is 0 Å². The molecular formula is C15H32BrN. The van der Waals surface area contributed by atoms with Crippen LogP contribution in [0.5, 0.6) is 0 Å². The SMILES string of the molecule is CCCCCCCCN(CCBr)C(CC)CC. The van der Waals surface area contributed by atoms with Gasteiger partial charge in [0.1, 0.15) is 0 Å². The monoisotopic (exact) mass is 305 g/mol. The molecule has 0 unspecified atom stereocenters. The Kier molecular flexibility index (Phi) is 13.2. The maximum atomic E-state index is 3.58. The maximum absolute atomic E-state index is 3.58. The molecule has 0 fully saturated rings. The minimum atomic E-state index is 0.795. The molecule has 0 radical (unpaired) electrons. The van der Waals surface area contributed by atoms with Crippen molar-refractivity contribution in [1.29, 1.82) is 0 Å². The minimum Gasteiger partial charge on any atom is -0.300 e. The van der Waals surface area contributed by atoms with Gasteiger partial charge in [-0.05, 0) is 25.8 Å². The summed E-state index contributed by atoms with van der Waals surface area (Å²) in [5.74, 6) is 0. The van der Waals surface area contributed by atoms with Crippen molar-refractivity contribution >= 4 is 15.9 Å². The Morgan fingerprint density at radius 2 is 1.41 bits per heavy atom. The number of alkyl halides is 1. The fourth-order valence-corrected chi connectivity index (χ4v) is 2.94. The Hall–Kier alpha value is 0.440. The van der Waals surface area contributed by atoms with Gasteiger partial charge in [0.05, 0.1) is 0 Å². The summed E-state index contributed by atoms with van der Waals surface area (Å²) in [5.41, 5.74) is 0. The van der Waals surface area contributed by atoms with Crippen molar-refractivity contribution in [1.82, 2.24) is 4.90 Å². The predicted molar refractivity (Wildman–Crippen MR) is 83.1 cm³/mol. The lowest BCUT2D eigenvalue weighted by Crippen LogP contribution is -2.36. The highest BCUT2D eigenvalue weighted by atomic mass is 79.9. The number of nitrogens with zero attached hydrogens (tertiary/aromatic N) is 1. The van der Waals surface area contributed by atoms with Gasteiger partial charge in [-0.25, -0.2) is 0 Å². The van der Waals surface area contributed by atoms with E-state index in [2.05, 4.69) is 41.6 Å². The summed E-state index contributed by atoms with van der Waals surface area (Å²) in [6.07, 6.45) is 11.0. The maximum Gasteiger partial charge on any atom is 0.0159 e. The molecule has 0 aromatic rings. The van der Waals surface area contributed by atoms with Gasteiger partial charge in [-0.2, -0.15) is 0 Å². The number of rotatable bonds is 12. The van der Waals surface area contributed by atoms with Crippen molar-refractivity contribution in [3.63, 3.8) is 0 Å². The first-order chi connectivity index (χ1) is 8.29. The van der Waals surface area contributed by atoms with E-state index in [1.807, 2.05) is 0 Å². The van der Waals surface area contributed by atoms with Crippen LogP contribution in [0.4, 0.5) is 0 Å². The van der Waals surface area contributed by atoms with E-state index in [-0.39, 0.29) is 0 Å². The molecule has 0 bridgehead atoms. The summed E-state index contributed by atoms with van der Waals surface area (Å²) in [4.78, 5) is 2.68. The molecule has 104 valence electrons. The molecule has 2 heteroatoms. The highest BCUT2D eigenvalue weighted by Gasteiger charge is 2.13. The van der Waals surface area contributed by atoms with Gasteiger partial charge < -0.3 is 0 Å². The lowest BCUT2D eigenvalue weighted by molar-refractivity contribution is 0.193.